The number of hydrogen-bond acceptors (Lipinski definition) is 6. The van der Waals surface area contributed by atoms with Gasteiger partial charge in [0.1, 0.15) is 30.7 Å². The van der Waals surface area contributed by atoms with Crippen LogP contribution in [0.3, 0.4) is 0 Å². The predicted molar refractivity (Wildman–Crippen MR) is 124 cm³/mol. The van der Waals surface area contributed by atoms with Crippen molar-refractivity contribution in [3.63, 3.8) is 0 Å². The molecule has 2 aromatic heterocycles. The SMILES string of the molecule is CC.Cc1ccc(Nc2c(C(=O)NOC[C@H]3COC(C)(C)O3)ccc3cncn23)c(F)c1.[HH].[HH]. The quantitative estimate of drug-likeness (QED) is 0.524. The molecule has 3 aromatic rings. The van der Waals surface area contributed by atoms with E-state index >= 15 is 0 Å². The van der Waals surface area contributed by atoms with Gasteiger partial charge in [-0.3, -0.25) is 14.0 Å². The van der Waals surface area contributed by atoms with Crippen LogP contribution in [0, 0.1) is 12.7 Å². The Morgan fingerprint density at radius 1 is 1.34 bits per heavy atom. The summed E-state index contributed by atoms with van der Waals surface area (Å²) in [6, 6.07) is 8.20. The van der Waals surface area contributed by atoms with Gasteiger partial charge in [0.05, 0.1) is 29.6 Å². The third-order valence-electron chi connectivity index (χ3n) is 4.71. The van der Waals surface area contributed by atoms with Crippen molar-refractivity contribution >= 4 is 22.9 Å². The van der Waals surface area contributed by atoms with Gasteiger partial charge in [-0.2, -0.15) is 0 Å². The lowest BCUT2D eigenvalue weighted by molar-refractivity contribution is -0.147. The molecule has 32 heavy (non-hydrogen) atoms. The number of pyridine rings is 1. The Hall–Kier alpha value is -3.01. The molecule has 0 saturated carbocycles. The van der Waals surface area contributed by atoms with Crippen LogP contribution in [0.15, 0.2) is 42.9 Å². The maximum atomic E-state index is 14.4. The molecule has 0 bridgehead atoms. The highest BCUT2D eigenvalue weighted by Crippen LogP contribution is 2.26. The number of imidazole rings is 1. The molecule has 0 radical (unpaired) electrons. The van der Waals surface area contributed by atoms with Crippen molar-refractivity contribution in [2.24, 2.45) is 0 Å². The van der Waals surface area contributed by atoms with E-state index in [0.29, 0.717) is 12.4 Å². The molecule has 0 spiro atoms. The van der Waals surface area contributed by atoms with Gasteiger partial charge in [0.2, 0.25) is 0 Å². The highest BCUT2D eigenvalue weighted by atomic mass is 19.1. The Labute approximate surface area is 189 Å². The fraction of sp³-hybridized carbons (Fsp3) is 0.391. The number of aromatic nitrogens is 2. The second-order valence-electron chi connectivity index (χ2n) is 7.59. The van der Waals surface area contributed by atoms with E-state index in [1.54, 1.807) is 48.1 Å². The van der Waals surface area contributed by atoms with E-state index in [4.69, 9.17) is 14.3 Å². The number of rotatable bonds is 6. The van der Waals surface area contributed by atoms with Gasteiger partial charge in [-0.25, -0.2) is 14.9 Å². The molecular formula is C23H33FN4O4. The molecule has 176 valence electrons. The molecule has 2 N–H and O–H groups in total. The monoisotopic (exact) mass is 448 g/mol. The van der Waals surface area contributed by atoms with Crippen LogP contribution in [-0.2, 0) is 14.3 Å². The van der Waals surface area contributed by atoms with E-state index in [0.717, 1.165) is 11.1 Å². The molecule has 4 rings (SSSR count). The number of aryl methyl sites for hydroxylation is 1. The average Bonchev–Trinajstić information content (AvgIpc) is 3.37. The molecule has 1 amide bonds. The highest BCUT2D eigenvalue weighted by molar-refractivity contribution is 5.99. The third-order valence-corrected chi connectivity index (χ3v) is 4.71. The number of amides is 1. The summed E-state index contributed by atoms with van der Waals surface area (Å²) in [4.78, 5) is 22.2. The number of benzene rings is 1. The lowest BCUT2D eigenvalue weighted by atomic mass is 10.2. The minimum absolute atomic E-state index is 0. The van der Waals surface area contributed by atoms with Crippen LogP contribution in [0.1, 0.15) is 46.5 Å². The van der Waals surface area contributed by atoms with Gasteiger partial charge in [-0.05, 0) is 50.6 Å². The zero-order chi connectivity index (χ0) is 23.3. The van der Waals surface area contributed by atoms with Crippen LogP contribution in [0.5, 0.6) is 0 Å². The molecule has 0 aliphatic carbocycles. The number of halogens is 1. The number of anilines is 2. The molecule has 9 heteroatoms. The van der Waals surface area contributed by atoms with Crippen molar-refractivity contribution in [3.05, 3.63) is 59.8 Å². The minimum atomic E-state index is -0.667. The van der Waals surface area contributed by atoms with Crippen molar-refractivity contribution in [3.8, 4) is 0 Å². The summed E-state index contributed by atoms with van der Waals surface area (Å²) in [7, 11) is 0. The first-order valence-electron chi connectivity index (χ1n) is 10.5. The normalized spacial score (nSPS) is 17.0. The lowest BCUT2D eigenvalue weighted by Gasteiger charge is -2.17. The summed E-state index contributed by atoms with van der Waals surface area (Å²) in [5.74, 6) is -1.20. The smallest absolute Gasteiger partial charge is 0.278 e. The minimum Gasteiger partial charge on any atom is -0.348 e. The number of fused-ring (bicyclic) bond motifs is 1. The van der Waals surface area contributed by atoms with Crippen LogP contribution in [-0.4, -0.2) is 40.4 Å². The number of ether oxygens (including phenoxy) is 2. The molecular weight excluding hydrogens is 415 g/mol. The Morgan fingerprint density at radius 3 is 2.81 bits per heavy atom. The molecule has 1 fully saturated rings. The first-order chi connectivity index (χ1) is 15.3. The van der Waals surface area contributed by atoms with E-state index in [-0.39, 0.29) is 26.8 Å². The van der Waals surface area contributed by atoms with E-state index < -0.39 is 17.5 Å². The van der Waals surface area contributed by atoms with Gasteiger partial charge in [-0.1, -0.05) is 19.9 Å². The first kappa shape index (κ1) is 23.6. The van der Waals surface area contributed by atoms with Crippen LogP contribution in [0.2, 0.25) is 0 Å². The number of carbonyl (C=O) groups is 1. The predicted octanol–water partition coefficient (Wildman–Crippen LogP) is 4.86. The molecule has 3 heterocycles. The van der Waals surface area contributed by atoms with Gasteiger partial charge < -0.3 is 14.8 Å². The van der Waals surface area contributed by atoms with Crippen LogP contribution in [0.4, 0.5) is 15.9 Å². The third kappa shape index (κ3) is 5.42. The molecule has 1 aliphatic heterocycles. The first-order valence-corrected chi connectivity index (χ1v) is 10.5. The molecule has 1 aromatic carbocycles. The average molecular weight is 449 g/mol. The summed E-state index contributed by atoms with van der Waals surface area (Å²) in [6.07, 6.45) is 2.91. The van der Waals surface area contributed by atoms with Crippen LogP contribution in [0.25, 0.3) is 5.52 Å². The summed E-state index contributed by atoms with van der Waals surface area (Å²) < 4.78 is 27.2. The Kier molecular flexibility index (Phi) is 7.44. The van der Waals surface area contributed by atoms with Crippen LogP contribution >= 0.6 is 0 Å². The zero-order valence-electron chi connectivity index (χ0n) is 18.9. The molecule has 1 atom stereocenters. The maximum absolute atomic E-state index is 14.4. The lowest BCUT2D eigenvalue weighted by Crippen LogP contribution is -2.31. The second-order valence-corrected chi connectivity index (χ2v) is 7.59. The fourth-order valence-electron chi connectivity index (χ4n) is 3.25. The number of hydrogen-bond donors (Lipinski definition) is 2. The van der Waals surface area contributed by atoms with E-state index in [2.05, 4.69) is 15.8 Å². The summed E-state index contributed by atoms with van der Waals surface area (Å²) >= 11 is 0. The summed E-state index contributed by atoms with van der Waals surface area (Å²) in [6.45, 7) is 9.95. The van der Waals surface area contributed by atoms with E-state index in [9.17, 15) is 9.18 Å². The number of nitrogens with zero attached hydrogens (tertiary/aromatic N) is 2. The van der Waals surface area contributed by atoms with E-state index in [1.807, 2.05) is 27.7 Å². The number of nitrogens with one attached hydrogen (secondary N) is 2. The van der Waals surface area contributed by atoms with Crippen molar-refractivity contribution in [2.45, 2.75) is 46.5 Å². The number of carbonyl (C=O) groups excluding carboxylic acids is 1. The highest BCUT2D eigenvalue weighted by Gasteiger charge is 2.33. The standard InChI is InChI=1S/C21H23FN4O4.C2H6.2H2/c1-13-4-7-18(17(22)8-13)24-19-16(6-5-14-9-23-12-26(14)19)20(27)25-29-11-15-10-28-21(2,3)30-15;1-2;;/h4-9,12,15,24H,10-11H2,1-3H3,(H,25,27);1-2H3;2*1H/t15-;;;/m1.../s1. The molecule has 0 unspecified atom stereocenters. The van der Waals surface area contributed by atoms with E-state index in [1.165, 1.54) is 6.07 Å². The molecule has 1 saturated heterocycles. The molecule has 1 aliphatic rings. The van der Waals surface area contributed by atoms with Gasteiger partial charge in [0.25, 0.3) is 5.91 Å². The Bertz CT molecular complexity index is 1090. The molecule has 8 nitrogen and oxygen atoms in total. The number of hydroxylamine groups is 1. The Balaban J connectivity index is 0.00000141. The van der Waals surface area contributed by atoms with Gasteiger partial charge >= 0.3 is 0 Å². The summed E-state index contributed by atoms with van der Waals surface area (Å²) in [5, 5.41) is 3.01. The van der Waals surface area contributed by atoms with Crippen molar-refractivity contribution in [2.75, 3.05) is 18.5 Å². The second kappa shape index (κ2) is 10.1. The topological polar surface area (TPSA) is 86.1 Å². The van der Waals surface area contributed by atoms with Gasteiger partial charge in [-0.15, -0.1) is 0 Å². The zero-order valence-corrected chi connectivity index (χ0v) is 18.9. The fourth-order valence-corrected chi connectivity index (χ4v) is 3.25. The van der Waals surface area contributed by atoms with Crippen molar-refractivity contribution in [1.29, 1.82) is 0 Å². The van der Waals surface area contributed by atoms with Crippen molar-refractivity contribution < 1.29 is 26.3 Å². The van der Waals surface area contributed by atoms with Gasteiger partial charge in [0.15, 0.2) is 5.79 Å². The van der Waals surface area contributed by atoms with Gasteiger partial charge in [0, 0.05) is 2.85 Å². The maximum Gasteiger partial charge on any atom is 0.278 e. The Morgan fingerprint density at radius 2 is 2.12 bits per heavy atom. The largest absolute Gasteiger partial charge is 0.348 e. The summed E-state index contributed by atoms with van der Waals surface area (Å²) in [5.41, 5.74) is 4.48. The van der Waals surface area contributed by atoms with Crippen LogP contribution < -0.4 is 10.8 Å². The van der Waals surface area contributed by atoms with Crippen molar-refractivity contribution in [1.82, 2.24) is 14.9 Å².